The maximum atomic E-state index is 12.1. The summed E-state index contributed by atoms with van der Waals surface area (Å²) >= 11 is 0. The highest BCUT2D eigenvalue weighted by molar-refractivity contribution is 5.92. The molecule has 0 radical (unpaired) electrons. The molecule has 6 heteroatoms. The Morgan fingerprint density at radius 3 is 2.45 bits per heavy atom. The van der Waals surface area contributed by atoms with Gasteiger partial charge in [-0.25, -0.2) is 4.79 Å². The number of hydrogen-bond donors (Lipinski definition) is 2. The first-order chi connectivity index (χ1) is 9.49. The Bertz CT molecular complexity index is 514. The van der Waals surface area contributed by atoms with Gasteiger partial charge in [-0.15, -0.1) is 0 Å². The zero-order valence-electron chi connectivity index (χ0n) is 11.5. The van der Waals surface area contributed by atoms with Gasteiger partial charge in [0, 0.05) is 13.6 Å². The zero-order valence-corrected chi connectivity index (χ0v) is 11.5. The Labute approximate surface area is 117 Å². The summed E-state index contributed by atoms with van der Waals surface area (Å²) in [5.41, 5.74) is 0.553. The zero-order chi connectivity index (χ0) is 15.1. The second kappa shape index (κ2) is 7.28. The Hall–Kier alpha value is -2.37. The van der Waals surface area contributed by atoms with Gasteiger partial charge in [-0.1, -0.05) is 18.2 Å². The molecular weight excluding hydrogens is 260 g/mol. The van der Waals surface area contributed by atoms with Crippen LogP contribution in [0.3, 0.4) is 0 Å². The first kappa shape index (κ1) is 15.7. The number of aromatic carboxylic acids is 1. The van der Waals surface area contributed by atoms with Crippen molar-refractivity contribution in [2.24, 2.45) is 0 Å². The van der Waals surface area contributed by atoms with Crippen LogP contribution in [0, 0.1) is 0 Å². The molecule has 0 bridgehead atoms. The SMILES string of the molecule is CCN(CC(=O)NC)C(=O)Cc1ccccc1C(=O)O. The maximum absolute atomic E-state index is 12.1. The Kier molecular flexibility index (Phi) is 5.71. The minimum absolute atomic E-state index is 0.0267. The van der Waals surface area contributed by atoms with Crippen LogP contribution in [-0.2, 0) is 16.0 Å². The van der Waals surface area contributed by atoms with E-state index in [1.807, 2.05) is 0 Å². The number of benzene rings is 1. The predicted molar refractivity (Wildman–Crippen MR) is 73.4 cm³/mol. The maximum Gasteiger partial charge on any atom is 0.335 e. The number of nitrogens with zero attached hydrogens (tertiary/aromatic N) is 1. The van der Waals surface area contributed by atoms with Gasteiger partial charge in [-0.05, 0) is 18.6 Å². The second-order valence-corrected chi connectivity index (χ2v) is 4.22. The van der Waals surface area contributed by atoms with Crippen molar-refractivity contribution < 1.29 is 19.5 Å². The third-order valence-electron chi connectivity index (χ3n) is 2.94. The first-order valence-corrected chi connectivity index (χ1v) is 6.29. The van der Waals surface area contributed by atoms with Gasteiger partial charge in [0.1, 0.15) is 0 Å². The van der Waals surface area contributed by atoms with E-state index in [4.69, 9.17) is 5.11 Å². The number of carbonyl (C=O) groups excluding carboxylic acids is 2. The lowest BCUT2D eigenvalue weighted by atomic mass is 10.0. The number of nitrogens with one attached hydrogen (secondary N) is 1. The number of likely N-dealkylation sites (N-methyl/N-ethyl adjacent to an activating group) is 2. The van der Waals surface area contributed by atoms with Gasteiger partial charge in [0.05, 0.1) is 18.5 Å². The summed E-state index contributed by atoms with van der Waals surface area (Å²) < 4.78 is 0. The average molecular weight is 278 g/mol. The fraction of sp³-hybridized carbons (Fsp3) is 0.357. The molecule has 0 aromatic heterocycles. The Morgan fingerprint density at radius 2 is 1.90 bits per heavy atom. The van der Waals surface area contributed by atoms with E-state index in [-0.39, 0.29) is 30.3 Å². The molecule has 0 saturated carbocycles. The van der Waals surface area contributed by atoms with Gasteiger partial charge in [0.2, 0.25) is 11.8 Å². The van der Waals surface area contributed by atoms with Crippen LogP contribution in [0.15, 0.2) is 24.3 Å². The van der Waals surface area contributed by atoms with E-state index >= 15 is 0 Å². The highest BCUT2D eigenvalue weighted by Crippen LogP contribution is 2.11. The molecule has 0 aliphatic rings. The van der Waals surface area contributed by atoms with Gasteiger partial charge in [0.15, 0.2) is 0 Å². The Morgan fingerprint density at radius 1 is 1.25 bits per heavy atom. The van der Waals surface area contributed by atoms with E-state index in [9.17, 15) is 14.4 Å². The molecule has 0 atom stereocenters. The van der Waals surface area contributed by atoms with E-state index < -0.39 is 5.97 Å². The number of carboxylic acid groups (broad SMARTS) is 1. The summed E-state index contributed by atoms with van der Waals surface area (Å²) in [6, 6.07) is 6.36. The fourth-order valence-electron chi connectivity index (χ4n) is 1.79. The minimum atomic E-state index is -1.07. The third kappa shape index (κ3) is 4.08. The molecule has 1 rings (SSSR count). The molecule has 2 N–H and O–H groups in total. The van der Waals surface area contributed by atoms with E-state index in [0.717, 1.165) is 0 Å². The van der Waals surface area contributed by atoms with Crippen molar-refractivity contribution in [2.45, 2.75) is 13.3 Å². The van der Waals surface area contributed by atoms with Crippen molar-refractivity contribution in [2.75, 3.05) is 20.1 Å². The van der Waals surface area contributed by atoms with Crippen molar-refractivity contribution in [3.63, 3.8) is 0 Å². The minimum Gasteiger partial charge on any atom is -0.478 e. The molecule has 108 valence electrons. The number of carboxylic acids is 1. The molecule has 1 aromatic carbocycles. The molecule has 0 aliphatic carbocycles. The molecule has 0 fully saturated rings. The van der Waals surface area contributed by atoms with E-state index in [2.05, 4.69) is 5.32 Å². The number of amides is 2. The van der Waals surface area contributed by atoms with E-state index in [1.54, 1.807) is 25.1 Å². The number of rotatable bonds is 6. The highest BCUT2D eigenvalue weighted by Gasteiger charge is 2.18. The lowest BCUT2D eigenvalue weighted by Gasteiger charge is -2.20. The van der Waals surface area contributed by atoms with Crippen LogP contribution in [0.5, 0.6) is 0 Å². The van der Waals surface area contributed by atoms with Crippen LogP contribution in [0.2, 0.25) is 0 Å². The van der Waals surface area contributed by atoms with Crippen LogP contribution in [-0.4, -0.2) is 47.9 Å². The molecule has 1 aromatic rings. The summed E-state index contributed by atoms with van der Waals surface area (Å²) in [7, 11) is 1.50. The summed E-state index contributed by atoms with van der Waals surface area (Å²) in [6.07, 6.45) is -0.0344. The topological polar surface area (TPSA) is 86.7 Å². The largest absolute Gasteiger partial charge is 0.478 e. The van der Waals surface area contributed by atoms with Gasteiger partial charge in [-0.3, -0.25) is 9.59 Å². The molecule has 0 aliphatic heterocycles. The van der Waals surface area contributed by atoms with Crippen molar-refractivity contribution >= 4 is 17.8 Å². The van der Waals surface area contributed by atoms with Crippen molar-refractivity contribution in [3.8, 4) is 0 Å². The van der Waals surface area contributed by atoms with Gasteiger partial charge >= 0.3 is 5.97 Å². The van der Waals surface area contributed by atoms with Gasteiger partial charge in [-0.2, -0.15) is 0 Å². The predicted octanol–water partition coefficient (Wildman–Crippen LogP) is 0.522. The molecule has 6 nitrogen and oxygen atoms in total. The van der Waals surface area contributed by atoms with E-state index in [1.165, 1.54) is 18.0 Å². The third-order valence-corrected chi connectivity index (χ3v) is 2.94. The lowest BCUT2D eigenvalue weighted by molar-refractivity contribution is -0.135. The van der Waals surface area contributed by atoms with Crippen LogP contribution in [0.4, 0.5) is 0 Å². The fourth-order valence-corrected chi connectivity index (χ4v) is 1.79. The quantitative estimate of drug-likeness (QED) is 0.794. The van der Waals surface area contributed by atoms with Crippen LogP contribution >= 0.6 is 0 Å². The second-order valence-electron chi connectivity index (χ2n) is 4.22. The smallest absolute Gasteiger partial charge is 0.335 e. The Balaban J connectivity index is 2.84. The normalized spacial score (nSPS) is 9.90. The monoisotopic (exact) mass is 278 g/mol. The lowest BCUT2D eigenvalue weighted by Crippen LogP contribution is -2.40. The van der Waals surface area contributed by atoms with Crippen molar-refractivity contribution in [1.29, 1.82) is 0 Å². The summed E-state index contributed by atoms with van der Waals surface area (Å²) in [4.78, 5) is 35.9. The number of hydrogen-bond acceptors (Lipinski definition) is 3. The highest BCUT2D eigenvalue weighted by atomic mass is 16.4. The molecule has 0 unspecified atom stereocenters. The van der Waals surface area contributed by atoms with E-state index in [0.29, 0.717) is 12.1 Å². The molecular formula is C14H18N2O4. The molecule has 20 heavy (non-hydrogen) atoms. The summed E-state index contributed by atoms with van der Waals surface area (Å²) in [6.45, 7) is 2.13. The van der Waals surface area contributed by atoms with Crippen molar-refractivity contribution in [3.05, 3.63) is 35.4 Å². The van der Waals surface area contributed by atoms with Crippen molar-refractivity contribution in [1.82, 2.24) is 10.2 Å². The van der Waals surface area contributed by atoms with Gasteiger partial charge in [0.25, 0.3) is 0 Å². The van der Waals surface area contributed by atoms with Crippen LogP contribution < -0.4 is 5.32 Å². The van der Waals surface area contributed by atoms with Crippen LogP contribution in [0.1, 0.15) is 22.8 Å². The molecule has 0 heterocycles. The first-order valence-electron chi connectivity index (χ1n) is 6.29. The number of carbonyl (C=O) groups is 3. The van der Waals surface area contributed by atoms with Gasteiger partial charge < -0.3 is 15.3 Å². The standard InChI is InChI=1S/C14H18N2O4/c1-3-16(9-12(17)15-2)13(18)8-10-6-4-5-7-11(10)14(19)20/h4-7H,3,8-9H2,1-2H3,(H,15,17)(H,19,20). The molecule has 0 saturated heterocycles. The molecule has 2 amide bonds. The average Bonchev–Trinajstić information content (AvgIpc) is 2.44. The summed E-state index contributed by atoms with van der Waals surface area (Å²) in [5, 5.41) is 11.5. The summed E-state index contributed by atoms with van der Waals surface area (Å²) in [5.74, 6) is -1.60. The van der Waals surface area contributed by atoms with Crippen LogP contribution in [0.25, 0.3) is 0 Å². The molecule has 0 spiro atoms.